The molecule has 0 aliphatic carbocycles. The summed E-state index contributed by atoms with van der Waals surface area (Å²) in [5.74, 6) is -0.333. The Morgan fingerprint density at radius 3 is 2.03 bits per heavy atom. The Hall–Kier alpha value is -4.15. The number of benzene rings is 3. The lowest BCUT2D eigenvalue weighted by atomic mass is 9.77. The minimum Gasteiger partial charge on any atom is -0.398 e. The third-order valence-corrected chi connectivity index (χ3v) is 7.72. The normalized spacial score (nSPS) is 15.4. The number of amides is 2. The Labute approximate surface area is 236 Å². The van der Waals surface area contributed by atoms with Gasteiger partial charge in [0.15, 0.2) is 10.8 Å². The van der Waals surface area contributed by atoms with Crippen LogP contribution in [-0.2, 0) is 20.0 Å². The first-order valence-corrected chi connectivity index (χ1v) is 13.8. The number of thiol groups is 1. The molecule has 198 valence electrons. The lowest BCUT2D eigenvalue weighted by Crippen LogP contribution is -2.62. The van der Waals surface area contributed by atoms with Crippen molar-refractivity contribution in [2.45, 2.75) is 18.0 Å². The van der Waals surface area contributed by atoms with Crippen molar-refractivity contribution < 1.29 is 14.4 Å². The lowest BCUT2D eigenvalue weighted by Gasteiger charge is -2.39. The summed E-state index contributed by atoms with van der Waals surface area (Å²) in [5.41, 5.74) is 5.20. The second-order valence-electron chi connectivity index (χ2n) is 8.88. The van der Waals surface area contributed by atoms with Gasteiger partial charge >= 0.3 is 0 Å². The van der Waals surface area contributed by atoms with E-state index in [1.807, 2.05) is 54.6 Å². The third kappa shape index (κ3) is 5.25. The Balaban J connectivity index is 1.53. The molecule has 0 saturated carbocycles. The van der Waals surface area contributed by atoms with Gasteiger partial charge in [-0.3, -0.25) is 15.0 Å². The Morgan fingerprint density at radius 1 is 1.03 bits per heavy atom. The van der Waals surface area contributed by atoms with Crippen LogP contribution in [0.25, 0.3) is 0 Å². The Kier molecular flexibility index (Phi) is 7.94. The maximum atomic E-state index is 13.1. The minimum absolute atomic E-state index is 0.0378. The number of rotatable bonds is 10. The van der Waals surface area contributed by atoms with Gasteiger partial charge in [0.05, 0.1) is 12.5 Å². The summed E-state index contributed by atoms with van der Waals surface area (Å²) < 4.78 is 0. The summed E-state index contributed by atoms with van der Waals surface area (Å²) in [6, 6.07) is 30.3. The van der Waals surface area contributed by atoms with Crippen molar-refractivity contribution in [2.75, 3.05) is 18.2 Å². The molecule has 2 amide bonds. The number of hydrogen-bond acceptors (Lipinski definition) is 8. The molecular weight excluding hydrogens is 530 g/mol. The van der Waals surface area contributed by atoms with E-state index in [1.54, 1.807) is 5.38 Å². The van der Waals surface area contributed by atoms with Gasteiger partial charge in [0.25, 0.3) is 5.91 Å². The van der Waals surface area contributed by atoms with E-state index in [2.05, 4.69) is 64.9 Å². The van der Waals surface area contributed by atoms with Gasteiger partial charge in [-0.15, -0.1) is 11.3 Å². The number of oxime groups is 1. The second-order valence-corrected chi connectivity index (χ2v) is 10.1. The van der Waals surface area contributed by atoms with Crippen LogP contribution < -0.4 is 10.7 Å². The third-order valence-electron chi connectivity index (χ3n) is 6.54. The fraction of sp³-hybridized carbons (Fsp3) is 0.172. The van der Waals surface area contributed by atoms with Gasteiger partial charge in [-0.05, 0) is 16.7 Å². The van der Waals surface area contributed by atoms with Gasteiger partial charge in [-0.1, -0.05) is 96.2 Å². The predicted molar refractivity (Wildman–Crippen MR) is 156 cm³/mol. The van der Waals surface area contributed by atoms with Crippen LogP contribution in [0.2, 0.25) is 0 Å². The molecule has 0 radical (unpaired) electrons. The van der Waals surface area contributed by atoms with E-state index in [1.165, 1.54) is 23.5 Å². The molecule has 1 aliphatic heterocycles. The van der Waals surface area contributed by atoms with Gasteiger partial charge in [-0.2, -0.15) is 12.6 Å². The van der Waals surface area contributed by atoms with Gasteiger partial charge in [0.2, 0.25) is 5.91 Å². The van der Waals surface area contributed by atoms with Crippen molar-refractivity contribution in [1.82, 2.24) is 15.4 Å². The number of hydrogen-bond donors (Lipinski definition) is 3. The fourth-order valence-corrected chi connectivity index (χ4v) is 5.66. The van der Waals surface area contributed by atoms with Gasteiger partial charge < -0.3 is 10.2 Å². The lowest BCUT2D eigenvalue weighted by molar-refractivity contribution is -0.153. The fourth-order valence-electron chi connectivity index (χ4n) is 4.62. The second kappa shape index (κ2) is 11.7. The van der Waals surface area contributed by atoms with Crippen molar-refractivity contribution in [3.8, 4) is 0 Å². The minimum atomic E-state index is -0.774. The standard InChI is InChI=1S/C29H27N5O3S2/c1-37-33-26(27(36)32-34-23(18-38)17-25(34)35)24-19-39-28(30-24)31-29(20-11-5-2-6-12-20,21-13-7-3-8-14-21)22-15-9-4-10-16-22/h2-16,19,23,38H,17-18H2,1H3,(H,30,31)(H,32,36). The monoisotopic (exact) mass is 557 g/mol. The van der Waals surface area contributed by atoms with Gasteiger partial charge in [0.1, 0.15) is 18.3 Å². The molecule has 10 heteroatoms. The molecule has 39 heavy (non-hydrogen) atoms. The van der Waals surface area contributed by atoms with Crippen molar-refractivity contribution in [1.29, 1.82) is 0 Å². The zero-order chi connectivity index (χ0) is 27.2. The molecule has 8 nitrogen and oxygen atoms in total. The van der Waals surface area contributed by atoms with Crippen LogP contribution in [0.3, 0.4) is 0 Å². The summed E-state index contributed by atoms with van der Waals surface area (Å²) in [4.78, 5) is 34.8. The summed E-state index contributed by atoms with van der Waals surface area (Å²) >= 11 is 5.59. The number of carbonyl (C=O) groups is 2. The molecule has 1 unspecified atom stereocenters. The van der Waals surface area contributed by atoms with Crippen molar-refractivity contribution >= 4 is 46.6 Å². The van der Waals surface area contributed by atoms with Crippen molar-refractivity contribution in [3.63, 3.8) is 0 Å². The molecule has 0 bridgehead atoms. The zero-order valence-electron chi connectivity index (χ0n) is 21.2. The summed E-state index contributed by atoms with van der Waals surface area (Å²) in [7, 11) is 1.36. The molecule has 0 spiro atoms. The Bertz CT molecular complexity index is 1370. The molecule has 3 aromatic carbocycles. The average Bonchev–Trinajstić information content (AvgIpc) is 3.45. The maximum Gasteiger partial charge on any atom is 0.294 e. The topological polar surface area (TPSA) is 95.9 Å². The average molecular weight is 558 g/mol. The zero-order valence-corrected chi connectivity index (χ0v) is 22.9. The molecule has 1 aromatic heterocycles. The first kappa shape index (κ1) is 26.5. The van der Waals surface area contributed by atoms with E-state index in [0.29, 0.717) is 23.0 Å². The van der Waals surface area contributed by atoms with Crippen LogP contribution in [0.15, 0.2) is 102 Å². The summed E-state index contributed by atoms with van der Waals surface area (Å²) in [6.07, 6.45) is 0.339. The van der Waals surface area contributed by atoms with E-state index < -0.39 is 11.4 Å². The van der Waals surface area contributed by atoms with Crippen LogP contribution in [0.4, 0.5) is 5.13 Å². The summed E-state index contributed by atoms with van der Waals surface area (Å²) in [6.45, 7) is 0. The van der Waals surface area contributed by atoms with E-state index in [4.69, 9.17) is 9.82 Å². The molecular formula is C29H27N5O3S2. The molecule has 4 aromatic rings. The van der Waals surface area contributed by atoms with Crippen LogP contribution >= 0.6 is 24.0 Å². The number of hydrazine groups is 1. The number of nitrogens with zero attached hydrogens (tertiary/aromatic N) is 3. The summed E-state index contributed by atoms with van der Waals surface area (Å²) in [5, 5.41) is 11.2. The van der Waals surface area contributed by atoms with Crippen molar-refractivity contribution in [2.24, 2.45) is 5.16 Å². The molecule has 1 fully saturated rings. The molecule has 1 saturated heterocycles. The molecule has 5 rings (SSSR count). The number of β-lactam (4-membered cyclic amide) rings is 1. The number of aromatic nitrogens is 1. The maximum absolute atomic E-state index is 13.1. The number of thiazole rings is 1. The SMILES string of the molecule is CON=C(C(=O)NN1C(=O)CC1CS)c1csc(NC(c2ccccc2)(c2ccccc2)c2ccccc2)n1. The number of nitrogens with one attached hydrogen (secondary N) is 2. The number of anilines is 1. The van der Waals surface area contributed by atoms with Crippen LogP contribution in [0.5, 0.6) is 0 Å². The Morgan fingerprint density at radius 2 is 1.56 bits per heavy atom. The van der Waals surface area contributed by atoms with E-state index in [-0.39, 0.29) is 17.7 Å². The molecule has 1 atom stereocenters. The highest BCUT2D eigenvalue weighted by Crippen LogP contribution is 2.40. The van der Waals surface area contributed by atoms with E-state index in [0.717, 1.165) is 16.7 Å². The highest BCUT2D eigenvalue weighted by atomic mass is 32.1. The van der Waals surface area contributed by atoms with Crippen molar-refractivity contribution in [3.05, 3.63) is 119 Å². The van der Waals surface area contributed by atoms with E-state index in [9.17, 15) is 9.59 Å². The van der Waals surface area contributed by atoms with Gasteiger partial charge in [0, 0.05) is 11.1 Å². The molecule has 2 N–H and O–H groups in total. The van der Waals surface area contributed by atoms with Crippen LogP contribution in [-0.4, -0.2) is 46.4 Å². The van der Waals surface area contributed by atoms with Crippen LogP contribution in [0.1, 0.15) is 28.8 Å². The highest BCUT2D eigenvalue weighted by Gasteiger charge is 2.39. The quantitative estimate of drug-likeness (QED) is 0.0880. The highest BCUT2D eigenvalue weighted by molar-refractivity contribution is 7.80. The first-order valence-electron chi connectivity index (χ1n) is 12.3. The number of carbonyl (C=O) groups excluding carboxylic acids is 2. The predicted octanol–water partition coefficient (Wildman–Crippen LogP) is 4.46. The molecule has 1 aliphatic rings. The smallest absolute Gasteiger partial charge is 0.294 e. The van der Waals surface area contributed by atoms with E-state index >= 15 is 0 Å². The first-order chi connectivity index (χ1) is 19.1. The molecule has 2 heterocycles. The largest absolute Gasteiger partial charge is 0.398 e. The van der Waals surface area contributed by atoms with Gasteiger partial charge in [-0.25, -0.2) is 9.99 Å². The van der Waals surface area contributed by atoms with Crippen LogP contribution in [0, 0.1) is 0 Å².